The lowest BCUT2D eigenvalue weighted by Gasteiger charge is -2.35. The first kappa shape index (κ1) is 26.5. The number of hydrogen-bond donors (Lipinski definition) is 1. The van der Waals surface area contributed by atoms with Crippen LogP contribution in [0.4, 0.5) is 23.8 Å². The summed E-state index contributed by atoms with van der Waals surface area (Å²) in [5.41, 5.74) is 0.00867. The van der Waals surface area contributed by atoms with Crippen LogP contribution in [0.3, 0.4) is 0 Å². The summed E-state index contributed by atoms with van der Waals surface area (Å²) < 4.78 is 47.8. The first-order chi connectivity index (χ1) is 18.2. The van der Waals surface area contributed by atoms with Crippen molar-refractivity contribution in [2.45, 2.75) is 57.5 Å². The van der Waals surface area contributed by atoms with Gasteiger partial charge < -0.3 is 19.9 Å². The summed E-state index contributed by atoms with van der Waals surface area (Å²) in [6.45, 7) is 5.66. The van der Waals surface area contributed by atoms with Crippen molar-refractivity contribution < 1.29 is 27.5 Å². The van der Waals surface area contributed by atoms with Crippen molar-refractivity contribution in [3.05, 3.63) is 41.6 Å². The number of nitrogens with zero attached hydrogens (tertiary/aromatic N) is 5. The van der Waals surface area contributed by atoms with Crippen LogP contribution < -0.4 is 10.1 Å². The van der Waals surface area contributed by atoms with Gasteiger partial charge in [0.05, 0.1) is 5.56 Å². The minimum absolute atomic E-state index is 0.0989. The third kappa shape index (κ3) is 6.47. The first-order valence-corrected chi connectivity index (χ1v) is 13.1. The highest BCUT2D eigenvalue weighted by Gasteiger charge is 2.34. The van der Waals surface area contributed by atoms with Crippen LogP contribution in [0.25, 0.3) is 0 Å². The maximum absolute atomic E-state index is 13.5. The number of amides is 2. The molecular formula is C26H33F3N6O3. The van der Waals surface area contributed by atoms with E-state index < -0.39 is 11.7 Å². The minimum Gasteiger partial charge on any atom is -0.490 e. The van der Waals surface area contributed by atoms with Crippen LogP contribution in [0.2, 0.25) is 0 Å². The number of alkyl halides is 3. The summed E-state index contributed by atoms with van der Waals surface area (Å²) in [4.78, 5) is 30.2. The first-order valence-electron chi connectivity index (χ1n) is 13.1. The number of carbonyl (C=O) groups is 2. The maximum atomic E-state index is 13.5. The molecule has 1 aliphatic carbocycles. The fourth-order valence-electron chi connectivity index (χ4n) is 5.11. The number of carbonyl (C=O) groups excluding carboxylic acids is 2. The van der Waals surface area contributed by atoms with E-state index in [1.165, 1.54) is 36.7 Å². The zero-order valence-electron chi connectivity index (χ0n) is 21.4. The van der Waals surface area contributed by atoms with Crippen LogP contribution in [0.1, 0.15) is 43.7 Å². The number of rotatable bonds is 6. The zero-order valence-corrected chi connectivity index (χ0v) is 21.4. The van der Waals surface area contributed by atoms with E-state index in [4.69, 9.17) is 4.74 Å². The highest BCUT2D eigenvalue weighted by atomic mass is 19.4. The van der Waals surface area contributed by atoms with Crippen LogP contribution in [-0.2, 0) is 17.5 Å². The van der Waals surface area contributed by atoms with Gasteiger partial charge in [0.2, 0.25) is 5.91 Å². The monoisotopic (exact) mass is 534 g/mol. The second-order valence-electron chi connectivity index (χ2n) is 10.3. The van der Waals surface area contributed by atoms with Crippen molar-refractivity contribution in [1.82, 2.24) is 24.5 Å². The fourth-order valence-corrected chi connectivity index (χ4v) is 5.11. The molecule has 2 saturated heterocycles. The lowest BCUT2D eigenvalue weighted by atomic mass is 10.1. The Balaban J connectivity index is 1.20. The molecule has 2 aromatic rings. The van der Waals surface area contributed by atoms with Gasteiger partial charge in [-0.15, -0.1) is 5.10 Å². The lowest BCUT2D eigenvalue weighted by Crippen LogP contribution is -2.49. The molecule has 2 aliphatic heterocycles. The van der Waals surface area contributed by atoms with Gasteiger partial charge in [0.1, 0.15) is 11.9 Å². The molecule has 0 radical (unpaired) electrons. The molecule has 9 nitrogen and oxygen atoms in total. The molecule has 1 saturated carbocycles. The topological polar surface area (TPSA) is 82.9 Å². The molecule has 0 unspecified atom stereocenters. The molecule has 3 fully saturated rings. The summed E-state index contributed by atoms with van der Waals surface area (Å²) in [5.74, 6) is 0.328. The predicted octanol–water partition coefficient (Wildman–Crippen LogP) is 3.65. The molecule has 0 atom stereocenters. The van der Waals surface area contributed by atoms with Gasteiger partial charge in [-0.1, -0.05) is 6.07 Å². The Morgan fingerprint density at radius 1 is 1.03 bits per heavy atom. The van der Waals surface area contributed by atoms with E-state index in [0.29, 0.717) is 50.3 Å². The van der Waals surface area contributed by atoms with Crippen LogP contribution >= 0.6 is 0 Å². The molecule has 12 heteroatoms. The van der Waals surface area contributed by atoms with Gasteiger partial charge in [-0.25, -0.2) is 4.79 Å². The number of benzene rings is 1. The van der Waals surface area contributed by atoms with Crippen LogP contribution in [0.5, 0.6) is 5.75 Å². The van der Waals surface area contributed by atoms with Crippen LogP contribution in [0.15, 0.2) is 30.5 Å². The Kier molecular flexibility index (Phi) is 7.62. The van der Waals surface area contributed by atoms with Gasteiger partial charge in [-0.05, 0) is 37.8 Å². The third-order valence-electron chi connectivity index (χ3n) is 7.35. The Morgan fingerprint density at radius 2 is 1.74 bits per heavy atom. The summed E-state index contributed by atoms with van der Waals surface area (Å²) in [6.07, 6.45) is 1.06. The van der Waals surface area contributed by atoms with Crippen LogP contribution in [-0.4, -0.2) is 87.8 Å². The number of anilines is 1. The largest absolute Gasteiger partial charge is 0.490 e. The summed E-state index contributed by atoms with van der Waals surface area (Å²) in [6, 6.07) is 5.70. The molecule has 3 aliphatic rings. The van der Waals surface area contributed by atoms with Crippen LogP contribution in [0, 0.1) is 0 Å². The molecule has 38 heavy (non-hydrogen) atoms. The quantitative estimate of drug-likeness (QED) is 0.610. The molecule has 1 aromatic carbocycles. The highest BCUT2D eigenvalue weighted by Crippen LogP contribution is 2.35. The molecule has 0 spiro atoms. The molecule has 3 heterocycles. The van der Waals surface area contributed by atoms with Crippen molar-refractivity contribution in [3.63, 3.8) is 0 Å². The molecular weight excluding hydrogens is 501 g/mol. The Labute approximate surface area is 219 Å². The third-order valence-corrected chi connectivity index (χ3v) is 7.35. The highest BCUT2D eigenvalue weighted by molar-refractivity contribution is 5.88. The average molecular weight is 535 g/mol. The number of ether oxygens (including phenoxy) is 1. The smallest absolute Gasteiger partial charge is 0.416 e. The second kappa shape index (κ2) is 10.9. The summed E-state index contributed by atoms with van der Waals surface area (Å²) in [5, 5.41) is 6.63. The number of nitrogens with one attached hydrogen (secondary N) is 1. The molecule has 1 N–H and O–H groups in total. The molecule has 5 rings (SSSR count). The maximum Gasteiger partial charge on any atom is 0.416 e. The molecule has 0 bridgehead atoms. The van der Waals surface area contributed by atoms with Gasteiger partial charge in [-0.2, -0.15) is 17.9 Å². The molecule has 206 valence electrons. The lowest BCUT2D eigenvalue weighted by molar-refractivity contribution is -0.137. The van der Waals surface area contributed by atoms with Gasteiger partial charge in [0.25, 0.3) is 0 Å². The number of aromatic nitrogens is 2. The minimum atomic E-state index is -4.44. The molecule has 2 amide bonds. The van der Waals surface area contributed by atoms with E-state index in [1.54, 1.807) is 11.0 Å². The molecule has 1 aromatic heterocycles. The Hall–Kier alpha value is -3.12. The van der Waals surface area contributed by atoms with E-state index in [2.05, 4.69) is 20.2 Å². The van der Waals surface area contributed by atoms with Crippen molar-refractivity contribution in [3.8, 4) is 5.75 Å². The van der Waals surface area contributed by atoms with Gasteiger partial charge >= 0.3 is 12.2 Å². The number of likely N-dealkylation sites (tertiary alicyclic amines) is 1. The average Bonchev–Trinajstić information content (AvgIpc) is 3.63. The van der Waals surface area contributed by atoms with E-state index in [-0.39, 0.29) is 18.0 Å². The Bertz CT molecular complexity index is 1150. The van der Waals surface area contributed by atoms with Crippen molar-refractivity contribution in [2.24, 2.45) is 0 Å². The van der Waals surface area contributed by atoms with E-state index in [1.807, 2.05) is 0 Å². The number of piperidine rings is 1. The van der Waals surface area contributed by atoms with E-state index in [0.717, 1.165) is 43.6 Å². The van der Waals surface area contributed by atoms with E-state index >= 15 is 0 Å². The SMILES string of the molecule is CC(=O)Nc1ccn(C(=O)N2CCN(Cc3ccc(C(F)(F)F)cc3OC3CCN(C4CC4)CC3)CC2)n1. The second-order valence-corrected chi connectivity index (χ2v) is 10.3. The normalized spacial score (nSPS) is 19.9. The van der Waals surface area contributed by atoms with E-state index in [9.17, 15) is 22.8 Å². The summed E-state index contributed by atoms with van der Waals surface area (Å²) >= 11 is 0. The fraction of sp³-hybridized carbons (Fsp3) is 0.577. The summed E-state index contributed by atoms with van der Waals surface area (Å²) in [7, 11) is 0. The number of piperazine rings is 1. The van der Waals surface area contributed by atoms with Gasteiger partial charge in [-0.3, -0.25) is 9.69 Å². The van der Waals surface area contributed by atoms with Crippen molar-refractivity contribution >= 4 is 17.8 Å². The van der Waals surface area contributed by atoms with Crippen molar-refractivity contribution in [2.75, 3.05) is 44.6 Å². The van der Waals surface area contributed by atoms with Gasteiger partial charge in [0.15, 0.2) is 5.82 Å². The van der Waals surface area contributed by atoms with Crippen molar-refractivity contribution in [1.29, 1.82) is 0 Å². The standard InChI is InChI=1S/C26H33F3N6O3/c1-18(36)30-24-8-11-35(31-24)25(37)34-14-12-32(13-15-34)17-19-2-3-20(26(27,28)29)16-23(19)38-22-6-9-33(10-7-22)21-4-5-21/h2-3,8,11,16,21-22H,4-7,9-10,12-15,17H2,1H3,(H,30,31,36). The number of hydrogen-bond acceptors (Lipinski definition) is 6. The zero-order chi connectivity index (χ0) is 26.9. The number of halogens is 3. The Morgan fingerprint density at radius 3 is 2.37 bits per heavy atom. The van der Waals surface area contributed by atoms with Gasteiger partial charge in [0, 0.05) is 76.6 Å². The predicted molar refractivity (Wildman–Crippen MR) is 134 cm³/mol.